The van der Waals surface area contributed by atoms with Crippen molar-refractivity contribution in [2.45, 2.75) is 23.2 Å². The van der Waals surface area contributed by atoms with Crippen LogP contribution in [0, 0.1) is 0 Å². The molecule has 0 aliphatic carbocycles. The Balaban J connectivity index is 1.84. The Morgan fingerprint density at radius 3 is 3.18 bits per heavy atom. The first-order valence-electron chi connectivity index (χ1n) is 5.53. The third-order valence-corrected chi connectivity index (χ3v) is 4.50. The summed E-state index contributed by atoms with van der Waals surface area (Å²) in [5, 5.41) is 4.24. The van der Waals surface area contributed by atoms with Gasteiger partial charge in [0.25, 0.3) is 0 Å². The minimum atomic E-state index is 0.418. The van der Waals surface area contributed by atoms with E-state index in [9.17, 15) is 0 Å². The summed E-state index contributed by atoms with van der Waals surface area (Å²) >= 11 is 7.75. The van der Waals surface area contributed by atoms with Gasteiger partial charge in [-0.3, -0.25) is 0 Å². The number of rotatable bonds is 3. The van der Waals surface area contributed by atoms with Crippen LogP contribution in [0.4, 0.5) is 0 Å². The fraction of sp³-hybridized carbons (Fsp3) is 0.333. The molecular formula is C12H12ClN3S. The van der Waals surface area contributed by atoms with E-state index in [-0.39, 0.29) is 0 Å². The van der Waals surface area contributed by atoms with Crippen molar-refractivity contribution in [2.24, 2.45) is 0 Å². The maximum absolute atomic E-state index is 5.83. The molecule has 0 radical (unpaired) electrons. The van der Waals surface area contributed by atoms with Gasteiger partial charge in [-0.15, -0.1) is 23.4 Å². The molecule has 88 valence electrons. The van der Waals surface area contributed by atoms with Crippen LogP contribution in [0.15, 0.2) is 35.5 Å². The lowest BCUT2D eigenvalue weighted by atomic mass is 10.0. The van der Waals surface area contributed by atoms with Crippen LogP contribution in [0.25, 0.3) is 0 Å². The van der Waals surface area contributed by atoms with Gasteiger partial charge in [0.05, 0.1) is 12.4 Å². The summed E-state index contributed by atoms with van der Waals surface area (Å²) in [6.07, 6.45) is 1.58. The second-order valence-electron chi connectivity index (χ2n) is 4.04. The summed E-state index contributed by atoms with van der Waals surface area (Å²) in [4.78, 5) is 5.54. The van der Waals surface area contributed by atoms with Gasteiger partial charge in [0, 0.05) is 16.6 Å². The Morgan fingerprint density at radius 2 is 2.29 bits per heavy atom. The number of thioether (sulfide) groups is 1. The van der Waals surface area contributed by atoms with Gasteiger partial charge < -0.3 is 0 Å². The van der Waals surface area contributed by atoms with E-state index in [1.165, 1.54) is 10.5 Å². The minimum absolute atomic E-state index is 0.418. The van der Waals surface area contributed by atoms with E-state index in [1.54, 1.807) is 6.33 Å². The first-order chi connectivity index (χ1) is 8.38. The first kappa shape index (κ1) is 11.1. The number of fused-ring (bicyclic) bond motifs is 1. The average molecular weight is 266 g/mol. The van der Waals surface area contributed by atoms with Crippen molar-refractivity contribution in [1.29, 1.82) is 0 Å². The zero-order chi connectivity index (χ0) is 11.7. The van der Waals surface area contributed by atoms with E-state index in [1.807, 2.05) is 16.4 Å². The molecule has 1 aliphatic rings. The molecule has 2 aromatic rings. The molecular weight excluding hydrogens is 254 g/mol. The van der Waals surface area contributed by atoms with E-state index in [2.05, 4.69) is 34.3 Å². The van der Waals surface area contributed by atoms with Gasteiger partial charge in [0.1, 0.15) is 12.2 Å². The lowest BCUT2D eigenvalue weighted by Gasteiger charge is -2.11. The smallest absolute Gasteiger partial charge is 0.141 e. The largest absolute Gasteiger partial charge is 0.248 e. The highest BCUT2D eigenvalue weighted by molar-refractivity contribution is 7.99. The molecule has 1 aromatic carbocycles. The van der Waals surface area contributed by atoms with Crippen molar-refractivity contribution >= 4 is 23.4 Å². The van der Waals surface area contributed by atoms with Gasteiger partial charge in [0.15, 0.2) is 0 Å². The summed E-state index contributed by atoms with van der Waals surface area (Å²) in [6.45, 7) is 0.867. The van der Waals surface area contributed by atoms with Crippen LogP contribution in [-0.4, -0.2) is 20.5 Å². The summed E-state index contributed by atoms with van der Waals surface area (Å²) in [7, 11) is 0. The second kappa shape index (κ2) is 4.70. The Hall–Kier alpha value is -1.00. The number of nitrogens with zero attached hydrogens (tertiary/aromatic N) is 3. The van der Waals surface area contributed by atoms with Crippen molar-refractivity contribution < 1.29 is 0 Å². The quantitative estimate of drug-likeness (QED) is 0.800. The molecule has 3 rings (SSSR count). The minimum Gasteiger partial charge on any atom is -0.248 e. The van der Waals surface area contributed by atoms with E-state index in [0.717, 1.165) is 18.1 Å². The number of halogens is 1. The lowest BCUT2D eigenvalue weighted by molar-refractivity contribution is 0.533. The van der Waals surface area contributed by atoms with Crippen LogP contribution in [0.1, 0.15) is 17.3 Å². The van der Waals surface area contributed by atoms with E-state index < -0.39 is 0 Å². The van der Waals surface area contributed by atoms with Crippen LogP contribution in [0.3, 0.4) is 0 Å². The second-order valence-corrected chi connectivity index (χ2v) is 5.37. The molecule has 0 bridgehead atoms. The maximum atomic E-state index is 5.83. The van der Waals surface area contributed by atoms with Gasteiger partial charge in [-0.1, -0.05) is 18.2 Å². The Bertz CT molecular complexity index is 526. The predicted octanol–water partition coefficient (Wildman–Crippen LogP) is 2.91. The molecule has 0 spiro atoms. The van der Waals surface area contributed by atoms with E-state index in [4.69, 9.17) is 11.6 Å². The molecule has 1 atom stereocenters. The maximum Gasteiger partial charge on any atom is 0.141 e. The van der Waals surface area contributed by atoms with Crippen LogP contribution in [0.5, 0.6) is 0 Å². The van der Waals surface area contributed by atoms with Crippen molar-refractivity contribution in [1.82, 2.24) is 14.8 Å². The van der Waals surface area contributed by atoms with E-state index in [0.29, 0.717) is 11.8 Å². The number of hydrogen-bond donors (Lipinski definition) is 0. The van der Waals surface area contributed by atoms with Crippen molar-refractivity contribution in [3.05, 3.63) is 42.0 Å². The Kier molecular flexibility index (Phi) is 3.07. The fourth-order valence-corrected chi connectivity index (χ4v) is 3.58. The van der Waals surface area contributed by atoms with Crippen molar-refractivity contribution in [2.75, 3.05) is 5.75 Å². The summed E-state index contributed by atoms with van der Waals surface area (Å²) in [5.41, 5.74) is 1.42. The highest BCUT2D eigenvalue weighted by Crippen LogP contribution is 2.39. The predicted molar refractivity (Wildman–Crippen MR) is 69.5 cm³/mol. The Morgan fingerprint density at radius 1 is 1.41 bits per heavy atom. The number of aromatic nitrogens is 3. The van der Waals surface area contributed by atoms with Crippen LogP contribution in [0.2, 0.25) is 0 Å². The molecule has 1 aliphatic heterocycles. The third-order valence-electron chi connectivity index (χ3n) is 3.01. The van der Waals surface area contributed by atoms with Gasteiger partial charge in [-0.2, -0.15) is 5.10 Å². The van der Waals surface area contributed by atoms with Crippen LogP contribution < -0.4 is 0 Å². The number of benzene rings is 1. The SMILES string of the molecule is ClCc1ncnn1CC1CSc2ccccc21. The molecule has 1 aromatic heterocycles. The van der Waals surface area contributed by atoms with Gasteiger partial charge in [-0.05, 0) is 11.6 Å². The third kappa shape index (κ3) is 2.07. The van der Waals surface area contributed by atoms with Gasteiger partial charge in [-0.25, -0.2) is 9.67 Å². The topological polar surface area (TPSA) is 30.7 Å². The highest BCUT2D eigenvalue weighted by Gasteiger charge is 2.23. The zero-order valence-electron chi connectivity index (χ0n) is 9.21. The van der Waals surface area contributed by atoms with E-state index >= 15 is 0 Å². The zero-order valence-corrected chi connectivity index (χ0v) is 10.8. The summed E-state index contributed by atoms with van der Waals surface area (Å²) < 4.78 is 1.92. The monoisotopic (exact) mass is 265 g/mol. The summed E-state index contributed by atoms with van der Waals surface area (Å²) in [5.74, 6) is 2.89. The molecule has 0 saturated carbocycles. The summed E-state index contributed by atoms with van der Waals surface area (Å²) in [6, 6.07) is 8.58. The molecule has 0 saturated heterocycles. The van der Waals surface area contributed by atoms with Crippen LogP contribution >= 0.6 is 23.4 Å². The van der Waals surface area contributed by atoms with Gasteiger partial charge in [0.2, 0.25) is 0 Å². The molecule has 3 nitrogen and oxygen atoms in total. The first-order valence-corrected chi connectivity index (χ1v) is 7.05. The molecule has 0 fully saturated rings. The molecule has 17 heavy (non-hydrogen) atoms. The average Bonchev–Trinajstić information content (AvgIpc) is 2.97. The number of hydrogen-bond acceptors (Lipinski definition) is 3. The molecule has 2 heterocycles. The van der Waals surface area contributed by atoms with Crippen molar-refractivity contribution in [3.63, 3.8) is 0 Å². The standard InChI is InChI=1S/C12H12ClN3S/c13-5-12-14-8-15-16(12)6-9-7-17-11-4-2-1-3-10(9)11/h1-4,8-9H,5-7H2. The highest BCUT2D eigenvalue weighted by atomic mass is 35.5. The Labute approximate surface area is 109 Å². The molecule has 0 amide bonds. The number of alkyl halides is 1. The van der Waals surface area contributed by atoms with Crippen LogP contribution in [-0.2, 0) is 12.4 Å². The molecule has 5 heteroatoms. The molecule has 1 unspecified atom stereocenters. The normalized spacial score (nSPS) is 18.3. The molecule has 0 N–H and O–H groups in total. The van der Waals surface area contributed by atoms with Crippen molar-refractivity contribution in [3.8, 4) is 0 Å². The fourth-order valence-electron chi connectivity index (χ4n) is 2.13. The van der Waals surface area contributed by atoms with Gasteiger partial charge >= 0.3 is 0 Å². The lowest BCUT2D eigenvalue weighted by Crippen LogP contribution is -2.12.